The lowest BCUT2D eigenvalue weighted by atomic mass is 10.0. The summed E-state index contributed by atoms with van der Waals surface area (Å²) in [4.78, 5) is 38.5. The van der Waals surface area contributed by atoms with E-state index in [2.05, 4.69) is 19.2 Å². The molecular formula is C25H28N2O5S. The van der Waals surface area contributed by atoms with Crippen molar-refractivity contribution in [3.63, 3.8) is 0 Å². The van der Waals surface area contributed by atoms with Crippen LogP contribution in [0.2, 0.25) is 0 Å². The lowest BCUT2D eigenvalue weighted by Gasteiger charge is -2.14. The molecule has 2 aromatic carbocycles. The highest BCUT2D eigenvalue weighted by Crippen LogP contribution is 2.32. The monoisotopic (exact) mass is 468 g/mol. The minimum absolute atomic E-state index is 0.0955. The standard InChI is InChI=1S/C25H28N2O5S/c1-16(2)19-8-5-17(3)21(14-19)32-15-23(28)26-11-12-27-24(29)22(33-25(27)30)13-18-6-9-20(31-4)10-7-18/h5-10,13-14,16H,11-12,15H2,1-4H3,(H,26,28). The number of thioether (sulfide) groups is 1. The Morgan fingerprint density at radius 3 is 2.55 bits per heavy atom. The molecule has 0 aromatic heterocycles. The largest absolute Gasteiger partial charge is 0.497 e. The molecule has 0 bridgehead atoms. The van der Waals surface area contributed by atoms with Crippen LogP contribution in [0.3, 0.4) is 0 Å². The quantitative estimate of drug-likeness (QED) is 0.551. The van der Waals surface area contributed by atoms with E-state index in [9.17, 15) is 14.4 Å². The zero-order chi connectivity index (χ0) is 24.0. The molecule has 0 spiro atoms. The van der Waals surface area contributed by atoms with Crippen LogP contribution in [-0.4, -0.2) is 48.8 Å². The van der Waals surface area contributed by atoms with Crippen LogP contribution >= 0.6 is 11.8 Å². The van der Waals surface area contributed by atoms with Gasteiger partial charge in [-0.15, -0.1) is 0 Å². The molecule has 0 atom stereocenters. The summed E-state index contributed by atoms with van der Waals surface area (Å²) in [6, 6.07) is 13.2. The number of amides is 3. The molecule has 1 aliphatic rings. The third-order valence-corrected chi connectivity index (χ3v) is 6.09. The number of nitrogens with one attached hydrogen (secondary N) is 1. The minimum atomic E-state index is -0.368. The van der Waals surface area contributed by atoms with E-state index in [1.54, 1.807) is 25.3 Å². The van der Waals surface area contributed by atoms with E-state index in [0.717, 1.165) is 33.4 Å². The van der Waals surface area contributed by atoms with Crippen LogP contribution in [-0.2, 0) is 9.59 Å². The Balaban J connectivity index is 1.49. The Bertz CT molecular complexity index is 1060. The molecule has 1 fully saturated rings. The first-order valence-corrected chi connectivity index (χ1v) is 11.5. The molecule has 33 heavy (non-hydrogen) atoms. The highest BCUT2D eigenvalue weighted by molar-refractivity contribution is 8.18. The van der Waals surface area contributed by atoms with Gasteiger partial charge in [0.25, 0.3) is 17.1 Å². The number of carbonyl (C=O) groups excluding carboxylic acids is 3. The Labute approximate surface area is 198 Å². The summed E-state index contributed by atoms with van der Waals surface area (Å²) in [7, 11) is 1.58. The van der Waals surface area contributed by atoms with Gasteiger partial charge in [-0.2, -0.15) is 0 Å². The fourth-order valence-corrected chi connectivity index (χ4v) is 4.04. The van der Waals surface area contributed by atoms with Crippen molar-refractivity contribution in [3.05, 3.63) is 64.1 Å². The van der Waals surface area contributed by atoms with Gasteiger partial charge in [0, 0.05) is 13.1 Å². The number of ether oxygens (including phenoxy) is 2. The van der Waals surface area contributed by atoms with Gasteiger partial charge in [0.1, 0.15) is 11.5 Å². The first kappa shape index (κ1) is 24.4. The molecule has 3 amide bonds. The SMILES string of the molecule is COc1ccc(C=C2SC(=O)N(CCNC(=O)COc3cc(C(C)C)ccc3C)C2=O)cc1. The topological polar surface area (TPSA) is 84.9 Å². The van der Waals surface area contributed by atoms with E-state index in [1.165, 1.54) is 0 Å². The molecule has 0 saturated carbocycles. The van der Waals surface area contributed by atoms with Crippen LogP contribution in [0, 0.1) is 6.92 Å². The zero-order valence-electron chi connectivity index (χ0n) is 19.2. The van der Waals surface area contributed by atoms with E-state index >= 15 is 0 Å². The molecule has 8 heteroatoms. The summed E-state index contributed by atoms with van der Waals surface area (Å²) < 4.78 is 10.8. The van der Waals surface area contributed by atoms with Crippen LogP contribution in [0.15, 0.2) is 47.4 Å². The van der Waals surface area contributed by atoms with Crippen molar-refractivity contribution in [1.82, 2.24) is 10.2 Å². The lowest BCUT2D eigenvalue weighted by Crippen LogP contribution is -2.38. The molecule has 1 saturated heterocycles. The summed E-state index contributed by atoms with van der Waals surface area (Å²) in [5.74, 6) is 1.06. The number of methoxy groups -OCH3 is 1. The number of hydrogen-bond acceptors (Lipinski definition) is 6. The first-order chi connectivity index (χ1) is 15.8. The van der Waals surface area contributed by atoms with Crippen molar-refractivity contribution >= 4 is 34.9 Å². The molecule has 0 aliphatic carbocycles. The average Bonchev–Trinajstić information content (AvgIpc) is 3.06. The van der Waals surface area contributed by atoms with Crippen LogP contribution in [0.4, 0.5) is 4.79 Å². The van der Waals surface area contributed by atoms with E-state index in [-0.39, 0.29) is 36.7 Å². The minimum Gasteiger partial charge on any atom is -0.497 e. The van der Waals surface area contributed by atoms with Crippen molar-refractivity contribution in [2.75, 3.05) is 26.8 Å². The smallest absolute Gasteiger partial charge is 0.293 e. The van der Waals surface area contributed by atoms with Gasteiger partial charge in [0.05, 0.1) is 12.0 Å². The van der Waals surface area contributed by atoms with E-state index in [0.29, 0.717) is 22.3 Å². The number of hydrogen-bond donors (Lipinski definition) is 1. The van der Waals surface area contributed by atoms with Gasteiger partial charge in [0.15, 0.2) is 6.61 Å². The number of aryl methyl sites for hydroxylation is 1. The van der Waals surface area contributed by atoms with Crippen LogP contribution < -0.4 is 14.8 Å². The molecule has 1 N–H and O–H groups in total. The van der Waals surface area contributed by atoms with Gasteiger partial charge < -0.3 is 14.8 Å². The van der Waals surface area contributed by atoms with Crippen molar-refractivity contribution < 1.29 is 23.9 Å². The second kappa shape index (κ2) is 11.0. The van der Waals surface area contributed by atoms with Crippen molar-refractivity contribution in [2.45, 2.75) is 26.7 Å². The van der Waals surface area contributed by atoms with Crippen molar-refractivity contribution in [1.29, 1.82) is 0 Å². The van der Waals surface area contributed by atoms with E-state index in [4.69, 9.17) is 9.47 Å². The van der Waals surface area contributed by atoms with Gasteiger partial charge in [-0.05, 0) is 65.6 Å². The van der Waals surface area contributed by atoms with Crippen molar-refractivity contribution in [3.8, 4) is 11.5 Å². The number of benzene rings is 2. The maximum absolute atomic E-state index is 12.6. The summed E-state index contributed by atoms with van der Waals surface area (Å²) in [5.41, 5.74) is 2.88. The highest BCUT2D eigenvalue weighted by Gasteiger charge is 2.34. The van der Waals surface area contributed by atoms with E-state index in [1.807, 2.05) is 37.3 Å². The normalized spacial score (nSPS) is 14.8. The third kappa shape index (κ3) is 6.38. The molecular weight excluding hydrogens is 440 g/mol. The Morgan fingerprint density at radius 1 is 1.15 bits per heavy atom. The summed E-state index contributed by atoms with van der Waals surface area (Å²) >= 11 is 0.888. The molecule has 2 aromatic rings. The fourth-order valence-electron chi connectivity index (χ4n) is 3.18. The average molecular weight is 469 g/mol. The Hall–Kier alpha value is -3.26. The molecule has 7 nitrogen and oxygen atoms in total. The Morgan fingerprint density at radius 2 is 1.88 bits per heavy atom. The zero-order valence-corrected chi connectivity index (χ0v) is 20.0. The van der Waals surface area contributed by atoms with E-state index < -0.39 is 0 Å². The first-order valence-electron chi connectivity index (χ1n) is 10.7. The maximum atomic E-state index is 12.6. The molecule has 0 unspecified atom stereocenters. The van der Waals surface area contributed by atoms with Crippen molar-refractivity contribution in [2.24, 2.45) is 0 Å². The predicted octanol–water partition coefficient (Wildman–Crippen LogP) is 4.36. The molecule has 174 valence electrons. The molecule has 1 heterocycles. The molecule has 0 radical (unpaired) electrons. The second-order valence-corrected chi connectivity index (χ2v) is 8.92. The van der Waals surface area contributed by atoms with Gasteiger partial charge in [-0.25, -0.2) is 0 Å². The fraction of sp³-hybridized carbons (Fsp3) is 0.320. The lowest BCUT2D eigenvalue weighted by molar-refractivity contribution is -0.125. The molecule has 3 rings (SSSR count). The van der Waals surface area contributed by atoms with Crippen LogP contribution in [0.5, 0.6) is 11.5 Å². The van der Waals surface area contributed by atoms with Crippen LogP contribution in [0.25, 0.3) is 6.08 Å². The number of imide groups is 1. The number of carbonyl (C=O) groups is 3. The van der Waals surface area contributed by atoms with Crippen LogP contribution in [0.1, 0.15) is 36.5 Å². The summed E-state index contributed by atoms with van der Waals surface area (Å²) in [6.07, 6.45) is 1.67. The van der Waals surface area contributed by atoms with Gasteiger partial charge >= 0.3 is 0 Å². The highest BCUT2D eigenvalue weighted by atomic mass is 32.2. The summed E-state index contributed by atoms with van der Waals surface area (Å²) in [6.45, 7) is 6.23. The number of rotatable bonds is 9. The Kier molecular flexibility index (Phi) is 8.16. The van der Waals surface area contributed by atoms with Gasteiger partial charge in [0.2, 0.25) is 0 Å². The predicted molar refractivity (Wildman–Crippen MR) is 129 cm³/mol. The number of nitrogens with zero attached hydrogens (tertiary/aromatic N) is 1. The second-order valence-electron chi connectivity index (χ2n) is 7.92. The van der Waals surface area contributed by atoms with Gasteiger partial charge in [-0.1, -0.05) is 38.1 Å². The maximum Gasteiger partial charge on any atom is 0.293 e. The third-order valence-electron chi connectivity index (χ3n) is 5.18. The summed E-state index contributed by atoms with van der Waals surface area (Å²) in [5, 5.41) is 2.35. The van der Waals surface area contributed by atoms with Gasteiger partial charge in [-0.3, -0.25) is 19.3 Å². The molecule has 1 aliphatic heterocycles.